The van der Waals surface area contributed by atoms with Crippen LogP contribution in [0.5, 0.6) is 0 Å². The predicted octanol–water partition coefficient (Wildman–Crippen LogP) is 4.53. The van der Waals surface area contributed by atoms with Gasteiger partial charge in [0, 0.05) is 19.0 Å². The third-order valence-electron chi connectivity index (χ3n) is 8.15. The molecule has 1 saturated heterocycles. The summed E-state index contributed by atoms with van der Waals surface area (Å²) in [5.41, 5.74) is 1.55. The molecule has 2 aliphatic carbocycles. The number of hydrogen-bond donors (Lipinski definition) is 1. The van der Waals surface area contributed by atoms with Crippen molar-refractivity contribution in [1.29, 1.82) is 0 Å². The maximum atomic E-state index is 12.9. The van der Waals surface area contributed by atoms with Crippen LogP contribution >= 0.6 is 0 Å². The van der Waals surface area contributed by atoms with Gasteiger partial charge in [-0.25, -0.2) is 0 Å². The van der Waals surface area contributed by atoms with Crippen LogP contribution in [0.15, 0.2) is 42.5 Å². The third kappa shape index (κ3) is 3.97. The zero-order valence-electron chi connectivity index (χ0n) is 18.8. The lowest BCUT2D eigenvalue weighted by Crippen LogP contribution is -2.47. The molecule has 1 aromatic carbocycles. The number of ether oxygens (including phenoxy) is 1. The third-order valence-corrected chi connectivity index (χ3v) is 8.15. The number of hydrogen-bond acceptors (Lipinski definition) is 4. The molecular weight excluding hydrogens is 374 g/mol. The second-order valence-electron chi connectivity index (χ2n) is 10.4. The van der Waals surface area contributed by atoms with E-state index < -0.39 is 5.60 Å². The van der Waals surface area contributed by atoms with Gasteiger partial charge >= 0.3 is 5.97 Å². The molecule has 1 aromatic rings. The number of aliphatic hydroxyl groups is 1. The first-order chi connectivity index (χ1) is 14.2. The lowest BCUT2D eigenvalue weighted by molar-refractivity contribution is -0.146. The highest BCUT2D eigenvalue weighted by molar-refractivity contribution is 5.75. The second kappa shape index (κ2) is 8.12. The van der Waals surface area contributed by atoms with Crippen LogP contribution in [0.3, 0.4) is 0 Å². The zero-order chi connectivity index (χ0) is 21.5. The summed E-state index contributed by atoms with van der Waals surface area (Å²) in [6, 6.07) is 9.79. The van der Waals surface area contributed by atoms with Crippen molar-refractivity contribution in [1.82, 2.24) is 4.90 Å². The molecule has 0 amide bonds. The van der Waals surface area contributed by atoms with E-state index in [9.17, 15) is 9.90 Å². The van der Waals surface area contributed by atoms with Gasteiger partial charge in [0.05, 0.1) is 11.5 Å². The minimum atomic E-state index is -0.956. The Kier molecular flexibility index (Phi) is 5.84. The van der Waals surface area contributed by atoms with E-state index in [0.29, 0.717) is 19.0 Å². The van der Waals surface area contributed by atoms with Gasteiger partial charge in [0.15, 0.2) is 0 Å². The van der Waals surface area contributed by atoms with Crippen molar-refractivity contribution in [3.05, 3.63) is 48.0 Å². The minimum absolute atomic E-state index is 0.0444. The van der Waals surface area contributed by atoms with Crippen LogP contribution in [0.25, 0.3) is 0 Å². The number of fused-ring (bicyclic) bond motifs is 2. The standard InChI is InChI=1S/C26H37NO3/c1-5-27(17-26(4,29)19-11-7-6-8-12-19)16-21-20-14-22-18(2)10-9-13-25(22,3)15-23(20)30-24(21)28/h6-8,11-12,20-23,29H,2,5,9-10,13-17H2,1,3-4H3. The highest BCUT2D eigenvalue weighted by atomic mass is 16.6. The Hall–Kier alpha value is -1.65. The molecule has 0 aromatic heterocycles. The number of benzene rings is 1. The molecule has 6 unspecified atom stereocenters. The molecular formula is C26H37NO3. The molecule has 0 bridgehead atoms. The van der Waals surface area contributed by atoms with Crippen LogP contribution in [-0.4, -0.2) is 41.7 Å². The normalized spacial score (nSPS) is 35.5. The average Bonchev–Trinajstić information content (AvgIpc) is 3.00. The summed E-state index contributed by atoms with van der Waals surface area (Å²) >= 11 is 0. The molecule has 4 heteroatoms. The van der Waals surface area contributed by atoms with Crippen LogP contribution in [0, 0.1) is 23.2 Å². The summed E-state index contributed by atoms with van der Waals surface area (Å²) in [6.45, 7) is 12.7. The van der Waals surface area contributed by atoms with Crippen molar-refractivity contribution in [3.8, 4) is 0 Å². The molecule has 2 saturated carbocycles. The summed E-state index contributed by atoms with van der Waals surface area (Å²) in [7, 11) is 0. The van der Waals surface area contributed by atoms with Gasteiger partial charge in [0.25, 0.3) is 0 Å². The van der Waals surface area contributed by atoms with Crippen LogP contribution in [0.1, 0.15) is 58.4 Å². The number of carbonyl (C=O) groups excluding carboxylic acids is 1. The number of rotatable bonds is 6. The number of esters is 1. The van der Waals surface area contributed by atoms with Gasteiger partial charge in [-0.15, -0.1) is 0 Å². The molecule has 3 aliphatic rings. The highest BCUT2D eigenvalue weighted by Gasteiger charge is 2.55. The van der Waals surface area contributed by atoms with Crippen LogP contribution in [0.2, 0.25) is 0 Å². The van der Waals surface area contributed by atoms with Gasteiger partial charge < -0.3 is 9.84 Å². The summed E-state index contributed by atoms with van der Waals surface area (Å²) in [6.07, 6.45) is 5.57. The first-order valence-corrected chi connectivity index (χ1v) is 11.6. The summed E-state index contributed by atoms with van der Waals surface area (Å²) in [5.74, 6) is 0.615. The van der Waals surface area contributed by atoms with E-state index >= 15 is 0 Å². The Balaban J connectivity index is 1.48. The molecule has 4 nitrogen and oxygen atoms in total. The quantitative estimate of drug-likeness (QED) is 0.552. The predicted molar refractivity (Wildman–Crippen MR) is 119 cm³/mol. The maximum absolute atomic E-state index is 12.9. The first-order valence-electron chi connectivity index (χ1n) is 11.6. The number of allylic oxidation sites excluding steroid dienone is 1. The van der Waals surface area contributed by atoms with Gasteiger partial charge in [-0.3, -0.25) is 9.69 Å². The fourth-order valence-corrected chi connectivity index (χ4v) is 6.37. The Labute approximate surface area is 181 Å². The Morgan fingerprint density at radius 3 is 2.77 bits per heavy atom. The Bertz CT molecular complexity index is 789. The van der Waals surface area contributed by atoms with Gasteiger partial charge in [-0.2, -0.15) is 0 Å². The number of nitrogens with zero attached hydrogens (tertiary/aromatic N) is 1. The average molecular weight is 412 g/mol. The second-order valence-corrected chi connectivity index (χ2v) is 10.4. The molecule has 1 N–H and O–H groups in total. The van der Waals surface area contributed by atoms with E-state index in [-0.39, 0.29) is 29.3 Å². The smallest absolute Gasteiger partial charge is 0.310 e. The van der Waals surface area contributed by atoms with E-state index in [4.69, 9.17) is 4.74 Å². The topological polar surface area (TPSA) is 49.8 Å². The van der Waals surface area contributed by atoms with Crippen molar-refractivity contribution < 1.29 is 14.6 Å². The molecule has 4 rings (SSSR count). The molecule has 0 spiro atoms. The Morgan fingerprint density at radius 1 is 1.33 bits per heavy atom. The van der Waals surface area contributed by atoms with Crippen molar-refractivity contribution >= 4 is 5.97 Å². The van der Waals surface area contributed by atoms with E-state index in [1.54, 1.807) is 0 Å². The van der Waals surface area contributed by atoms with E-state index in [2.05, 4.69) is 25.3 Å². The van der Waals surface area contributed by atoms with Crippen LogP contribution in [0.4, 0.5) is 0 Å². The summed E-state index contributed by atoms with van der Waals surface area (Å²) < 4.78 is 5.93. The van der Waals surface area contributed by atoms with E-state index in [1.807, 2.05) is 37.3 Å². The maximum Gasteiger partial charge on any atom is 0.310 e. The SMILES string of the molecule is C=C1CCCC2(C)CC3OC(=O)C(CN(CC)CC(C)(O)c4ccccc4)C3CC12. The van der Waals surface area contributed by atoms with Gasteiger partial charge in [-0.1, -0.05) is 56.3 Å². The van der Waals surface area contributed by atoms with Gasteiger partial charge in [-0.05, 0) is 62.5 Å². The first kappa shape index (κ1) is 21.6. The van der Waals surface area contributed by atoms with Crippen molar-refractivity contribution in [2.24, 2.45) is 23.2 Å². The van der Waals surface area contributed by atoms with Gasteiger partial charge in [0.2, 0.25) is 0 Å². The zero-order valence-corrected chi connectivity index (χ0v) is 18.8. The van der Waals surface area contributed by atoms with Gasteiger partial charge in [0.1, 0.15) is 6.10 Å². The largest absolute Gasteiger partial charge is 0.462 e. The number of likely N-dealkylation sites (N-methyl/N-ethyl adjacent to an activating group) is 1. The molecule has 164 valence electrons. The van der Waals surface area contributed by atoms with E-state index in [1.165, 1.54) is 18.4 Å². The molecule has 1 aliphatic heterocycles. The number of carbonyl (C=O) groups is 1. The molecule has 6 atom stereocenters. The fourth-order valence-electron chi connectivity index (χ4n) is 6.37. The lowest BCUT2D eigenvalue weighted by Gasteiger charge is -2.50. The Morgan fingerprint density at radius 2 is 2.07 bits per heavy atom. The molecule has 3 fully saturated rings. The van der Waals surface area contributed by atoms with Crippen LogP contribution < -0.4 is 0 Å². The van der Waals surface area contributed by atoms with E-state index in [0.717, 1.165) is 31.4 Å². The van der Waals surface area contributed by atoms with Crippen molar-refractivity contribution in [2.45, 2.75) is 64.6 Å². The summed E-state index contributed by atoms with van der Waals surface area (Å²) in [4.78, 5) is 15.1. The minimum Gasteiger partial charge on any atom is -0.462 e. The highest BCUT2D eigenvalue weighted by Crippen LogP contribution is 2.56. The van der Waals surface area contributed by atoms with Crippen molar-refractivity contribution in [3.63, 3.8) is 0 Å². The molecule has 0 radical (unpaired) electrons. The monoisotopic (exact) mass is 411 g/mol. The summed E-state index contributed by atoms with van der Waals surface area (Å²) in [5, 5.41) is 11.1. The fraction of sp³-hybridized carbons (Fsp3) is 0.654. The molecule has 1 heterocycles. The lowest BCUT2D eigenvalue weighted by atomic mass is 9.55. The van der Waals surface area contributed by atoms with Crippen LogP contribution in [-0.2, 0) is 15.1 Å². The molecule has 30 heavy (non-hydrogen) atoms. The van der Waals surface area contributed by atoms with Crippen molar-refractivity contribution in [2.75, 3.05) is 19.6 Å².